The molecule has 2 aromatic heterocycles. The second-order valence-electron chi connectivity index (χ2n) is 8.90. The first kappa shape index (κ1) is 22.4. The molecule has 34 heavy (non-hydrogen) atoms. The topological polar surface area (TPSA) is 50.8 Å². The Kier molecular flexibility index (Phi) is 6.24. The molecule has 0 amide bonds. The van der Waals surface area contributed by atoms with Crippen LogP contribution in [0, 0.1) is 22.7 Å². The van der Waals surface area contributed by atoms with Crippen molar-refractivity contribution < 1.29 is 0 Å². The average molecular weight is 480 g/mol. The van der Waals surface area contributed by atoms with Gasteiger partial charge in [-0.1, -0.05) is 24.3 Å². The third-order valence-electron chi connectivity index (χ3n) is 6.46. The van der Waals surface area contributed by atoms with Crippen LogP contribution in [-0.2, 0) is 19.3 Å². The van der Waals surface area contributed by atoms with Crippen LogP contribution in [0.5, 0.6) is 0 Å². The van der Waals surface area contributed by atoms with E-state index in [2.05, 4.69) is 67.5 Å². The summed E-state index contributed by atoms with van der Waals surface area (Å²) in [5.74, 6) is 0. The minimum absolute atomic E-state index is 0.168. The molecule has 5 rings (SSSR count). The molecule has 0 atom stereocenters. The van der Waals surface area contributed by atoms with E-state index < -0.39 is 0 Å². The van der Waals surface area contributed by atoms with Crippen LogP contribution in [0.25, 0.3) is 23.3 Å². The number of hydrogen-bond donors (Lipinski definition) is 0. The van der Waals surface area contributed by atoms with Gasteiger partial charge in [0.2, 0.25) is 0 Å². The SMILES string of the molecule is CN(C)c1ccc(/C=C/Cc2cc3c(s2)/C(=C2/CCc4cc(C=C(C#N)C#N)sc42)CC3)cc1. The Labute approximate surface area is 209 Å². The van der Waals surface area contributed by atoms with Crippen molar-refractivity contribution in [1.82, 2.24) is 0 Å². The van der Waals surface area contributed by atoms with Gasteiger partial charge in [0.25, 0.3) is 0 Å². The van der Waals surface area contributed by atoms with Crippen LogP contribution < -0.4 is 4.90 Å². The summed E-state index contributed by atoms with van der Waals surface area (Å²) in [5.41, 5.74) is 8.48. The van der Waals surface area contributed by atoms with Gasteiger partial charge in [0.15, 0.2) is 0 Å². The lowest BCUT2D eigenvalue weighted by atomic mass is 10.1. The fourth-order valence-corrected chi connectivity index (χ4v) is 7.28. The summed E-state index contributed by atoms with van der Waals surface area (Å²) in [7, 11) is 4.12. The molecule has 2 aliphatic carbocycles. The number of allylic oxidation sites excluding steroid dienone is 4. The zero-order valence-corrected chi connectivity index (χ0v) is 21.0. The predicted octanol–water partition coefficient (Wildman–Crippen LogP) is 7.37. The molecule has 0 spiro atoms. The van der Waals surface area contributed by atoms with Gasteiger partial charge in [-0.05, 0) is 83.9 Å². The lowest BCUT2D eigenvalue weighted by Gasteiger charge is -2.11. The van der Waals surface area contributed by atoms with E-state index in [1.54, 1.807) is 17.4 Å². The minimum atomic E-state index is 0.168. The van der Waals surface area contributed by atoms with E-state index in [1.807, 2.05) is 23.5 Å². The van der Waals surface area contributed by atoms with E-state index >= 15 is 0 Å². The molecule has 3 nitrogen and oxygen atoms in total. The van der Waals surface area contributed by atoms with Crippen molar-refractivity contribution in [2.75, 3.05) is 19.0 Å². The van der Waals surface area contributed by atoms with Gasteiger partial charge in [-0.2, -0.15) is 10.5 Å². The number of anilines is 1. The maximum absolute atomic E-state index is 9.08. The van der Waals surface area contributed by atoms with Gasteiger partial charge in [0.05, 0.1) is 0 Å². The van der Waals surface area contributed by atoms with Crippen molar-refractivity contribution >= 4 is 51.7 Å². The zero-order valence-electron chi connectivity index (χ0n) is 19.4. The smallest absolute Gasteiger partial charge is 0.131 e. The molecule has 0 fully saturated rings. The molecule has 0 N–H and O–H groups in total. The monoisotopic (exact) mass is 479 g/mol. The zero-order chi connectivity index (χ0) is 23.7. The lowest BCUT2D eigenvalue weighted by Crippen LogP contribution is -2.07. The van der Waals surface area contributed by atoms with Crippen molar-refractivity contribution in [2.45, 2.75) is 32.1 Å². The first-order valence-corrected chi connectivity index (χ1v) is 13.1. The summed E-state index contributed by atoms with van der Waals surface area (Å²) in [5, 5.41) is 18.2. The summed E-state index contributed by atoms with van der Waals surface area (Å²) in [6.45, 7) is 0. The van der Waals surface area contributed by atoms with Crippen LogP contribution in [0.1, 0.15) is 49.0 Å². The van der Waals surface area contributed by atoms with Crippen LogP contribution in [0.3, 0.4) is 0 Å². The van der Waals surface area contributed by atoms with Gasteiger partial charge < -0.3 is 4.90 Å². The molecule has 0 saturated carbocycles. The number of aryl methyl sites for hydroxylation is 2. The summed E-state index contributed by atoms with van der Waals surface area (Å²) in [6.07, 6.45) is 11.6. The maximum Gasteiger partial charge on any atom is 0.131 e. The summed E-state index contributed by atoms with van der Waals surface area (Å²) >= 11 is 3.67. The Balaban J connectivity index is 1.35. The van der Waals surface area contributed by atoms with Crippen LogP contribution in [0.2, 0.25) is 0 Å². The highest BCUT2D eigenvalue weighted by molar-refractivity contribution is 7.15. The minimum Gasteiger partial charge on any atom is -0.378 e. The highest BCUT2D eigenvalue weighted by Crippen LogP contribution is 2.49. The summed E-state index contributed by atoms with van der Waals surface area (Å²) < 4.78 is 0. The van der Waals surface area contributed by atoms with E-state index in [1.165, 1.54) is 48.2 Å². The second kappa shape index (κ2) is 9.47. The number of nitrogens with zero attached hydrogens (tertiary/aromatic N) is 3. The van der Waals surface area contributed by atoms with Crippen molar-refractivity contribution in [3.8, 4) is 12.1 Å². The van der Waals surface area contributed by atoms with E-state index in [9.17, 15) is 0 Å². The van der Waals surface area contributed by atoms with E-state index in [0.29, 0.717) is 0 Å². The predicted molar refractivity (Wildman–Crippen MR) is 145 cm³/mol. The largest absolute Gasteiger partial charge is 0.378 e. The molecule has 168 valence electrons. The molecule has 0 bridgehead atoms. The van der Waals surface area contributed by atoms with Gasteiger partial charge in [-0.25, -0.2) is 0 Å². The number of hydrogen-bond acceptors (Lipinski definition) is 5. The van der Waals surface area contributed by atoms with Gasteiger partial charge >= 0.3 is 0 Å². The number of thiophene rings is 2. The van der Waals surface area contributed by atoms with Crippen molar-refractivity contribution in [1.29, 1.82) is 10.5 Å². The molecule has 1 aromatic carbocycles. The van der Waals surface area contributed by atoms with Gasteiger partial charge in [0, 0.05) is 45.7 Å². The molecule has 5 heteroatoms. The molecule has 2 heterocycles. The maximum atomic E-state index is 9.08. The standard InChI is InChI=1S/C29H25N3S2/c1-32(2)23-10-6-19(7-11-23)4-3-5-24-15-21-8-12-26(28(21)33-24)27-13-9-22-16-25(34-29(22)27)14-20(17-30)18-31/h3-4,6-7,10-11,14-16H,5,8-9,12-13H2,1-2H3/b4-3+,27-26-. The number of benzene rings is 1. The van der Waals surface area contributed by atoms with Gasteiger partial charge in [-0.15, -0.1) is 22.7 Å². The van der Waals surface area contributed by atoms with Crippen molar-refractivity contribution in [3.63, 3.8) is 0 Å². The highest BCUT2D eigenvalue weighted by Gasteiger charge is 2.28. The third kappa shape index (κ3) is 4.38. The van der Waals surface area contributed by atoms with Crippen LogP contribution in [-0.4, -0.2) is 14.1 Å². The Morgan fingerprint density at radius 3 is 2.21 bits per heavy atom. The Hall–Kier alpha value is -3.38. The fraction of sp³-hybridized carbons (Fsp3) is 0.241. The van der Waals surface area contributed by atoms with E-state index in [4.69, 9.17) is 10.5 Å². The van der Waals surface area contributed by atoms with Gasteiger partial charge in [-0.3, -0.25) is 0 Å². The molecule has 0 saturated heterocycles. The number of fused-ring (bicyclic) bond motifs is 2. The quantitative estimate of drug-likeness (QED) is 0.359. The molecule has 0 aliphatic heterocycles. The first-order chi connectivity index (χ1) is 16.6. The lowest BCUT2D eigenvalue weighted by molar-refractivity contribution is 1.06. The normalized spacial score (nSPS) is 16.2. The second-order valence-corrected chi connectivity index (χ2v) is 11.1. The van der Waals surface area contributed by atoms with Crippen molar-refractivity contribution in [3.05, 3.63) is 84.2 Å². The summed E-state index contributed by atoms with van der Waals surface area (Å²) in [6, 6.07) is 17.1. The van der Waals surface area contributed by atoms with Crippen LogP contribution in [0.15, 0.2) is 48.0 Å². The number of nitriles is 2. The van der Waals surface area contributed by atoms with Crippen molar-refractivity contribution in [2.24, 2.45) is 0 Å². The average Bonchev–Trinajstić information content (AvgIpc) is 3.59. The fourth-order valence-electron chi connectivity index (χ4n) is 4.74. The van der Waals surface area contributed by atoms with Crippen LogP contribution in [0.4, 0.5) is 5.69 Å². The first-order valence-electron chi connectivity index (χ1n) is 11.5. The molecule has 0 unspecified atom stereocenters. The highest BCUT2D eigenvalue weighted by atomic mass is 32.1. The Bertz CT molecular complexity index is 1400. The third-order valence-corrected chi connectivity index (χ3v) is 8.90. The molecular formula is C29H25N3S2. The van der Waals surface area contributed by atoms with Gasteiger partial charge in [0.1, 0.15) is 17.7 Å². The molecule has 3 aromatic rings. The molecule has 0 radical (unpaired) electrons. The van der Waals surface area contributed by atoms with E-state index in [0.717, 1.165) is 37.0 Å². The Morgan fingerprint density at radius 2 is 1.56 bits per heavy atom. The van der Waals surface area contributed by atoms with Crippen LogP contribution >= 0.6 is 22.7 Å². The Morgan fingerprint density at radius 1 is 0.912 bits per heavy atom. The summed E-state index contributed by atoms with van der Waals surface area (Å²) in [4.78, 5) is 7.38. The number of rotatable bonds is 5. The molecule has 2 aliphatic rings. The van der Waals surface area contributed by atoms with E-state index in [-0.39, 0.29) is 5.57 Å². The molecular weight excluding hydrogens is 454 g/mol.